The fourth-order valence-electron chi connectivity index (χ4n) is 1.64. The van der Waals surface area contributed by atoms with Crippen LogP contribution >= 0.6 is 0 Å². The van der Waals surface area contributed by atoms with E-state index in [0.717, 1.165) is 11.6 Å². The fourth-order valence-corrected chi connectivity index (χ4v) is 1.64. The third kappa shape index (κ3) is 3.35. The summed E-state index contributed by atoms with van der Waals surface area (Å²) in [6.07, 6.45) is -3.19. The standard InChI is InChI=1S/C14H17F3/c1-5-12(14(15,16)17)10-6-8-11(9-7-10)13(2,3)4/h5-9H,1-4H3/b12-5+. The van der Waals surface area contributed by atoms with Crippen LogP contribution in [0.2, 0.25) is 0 Å². The molecule has 3 heteroatoms. The number of benzene rings is 1. The van der Waals surface area contributed by atoms with E-state index in [1.807, 2.05) is 20.8 Å². The summed E-state index contributed by atoms with van der Waals surface area (Å²) in [5, 5.41) is 0. The van der Waals surface area contributed by atoms with Crippen LogP contribution in [0.1, 0.15) is 38.8 Å². The molecule has 0 unspecified atom stereocenters. The number of hydrogen-bond acceptors (Lipinski definition) is 0. The Bertz CT molecular complexity index is 403. The molecule has 0 saturated heterocycles. The van der Waals surface area contributed by atoms with Gasteiger partial charge in [0.25, 0.3) is 0 Å². The maximum Gasteiger partial charge on any atom is 0.416 e. The molecule has 0 atom stereocenters. The van der Waals surface area contributed by atoms with E-state index in [2.05, 4.69) is 0 Å². The normalized spacial score (nSPS) is 13.9. The average molecular weight is 242 g/mol. The van der Waals surface area contributed by atoms with E-state index in [1.165, 1.54) is 19.1 Å². The summed E-state index contributed by atoms with van der Waals surface area (Å²) in [6, 6.07) is 6.57. The molecule has 0 fully saturated rings. The summed E-state index contributed by atoms with van der Waals surface area (Å²) in [5.74, 6) is 0. The topological polar surface area (TPSA) is 0 Å². The van der Waals surface area contributed by atoms with Crippen LogP contribution in [-0.4, -0.2) is 6.18 Å². The van der Waals surface area contributed by atoms with Crippen molar-refractivity contribution in [2.45, 2.75) is 39.3 Å². The van der Waals surface area contributed by atoms with E-state index in [9.17, 15) is 13.2 Å². The summed E-state index contributed by atoms with van der Waals surface area (Å²) in [5.41, 5.74) is 0.609. The van der Waals surface area contributed by atoms with Gasteiger partial charge in [-0.3, -0.25) is 0 Å². The number of allylic oxidation sites excluding steroid dienone is 2. The van der Waals surface area contributed by atoms with Gasteiger partial charge in [-0.05, 0) is 23.5 Å². The highest BCUT2D eigenvalue weighted by molar-refractivity contribution is 5.69. The van der Waals surface area contributed by atoms with Crippen molar-refractivity contribution in [1.82, 2.24) is 0 Å². The second-order valence-corrected chi connectivity index (χ2v) is 5.03. The SMILES string of the molecule is C/C=C(\c1ccc(C(C)(C)C)cc1)C(F)(F)F. The van der Waals surface area contributed by atoms with Gasteiger partial charge < -0.3 is 0 Å². The van der Waals surface area contributed by atoms with Gasteiger partial charge in [0.05, 0.1) is 5.57 Å². The molecule has 0 aliphatic rings. The molecule has 0 amide bonds. The molecule has 0 aromatic heterocycles. The lowest BCUT2D eigenvalue weighted by Crippen LogP contribution is -2.13. The number of rotatable bonds is 1. The highest BCUT2D eigenvalue weighted by Crippen LogP contribution is 2.34. The summed E-state index contributed by atoms with van der Waals surface area (Å²) < 4.78 is 38.0. The Hall–Kier alpha value is -1.25. The van der Waals surface area contributed by atoms with Crippen molar-refractivity contribution in [3.63, 3.8) is 0 Å². The molecule has 0 aliphatic heterocycles. The molecule has 0 saturated carbocycles. The van der Waals surface area contributed by atoms with Gasteiger partial charge in [0.2, 0.25) is 0 Å². The molecule has 0 nitrogen and oxygen atoms in total. The van der Waals surface area contributed by atoms with Crippen LogP contribution in [0, 0.1) is 0 Å². The smallest absolute Gasteiger partial charge is 0.166 e. The van der Waals surface area contributed by atoms with Crippen molar-refractivity contribution in [3.05, 3.63) is 41.5 Å². The van der Waals surface area contributed by atoms with Crippen molar-refractivity contribution in [2.24, 2.45) is 0 Å². The maximum atomic E-state index is 12.7. The minimum atomic E-state index is -4.29. The molecule has 94 valence electrons. The van der Waals surface area contributed by atoms with Crippen molar-refractivity contribution in [1.29, 1.82) is 0 Å². The summed E-state index contributed by atoms with van der Waals surface area (Å²) in [7, 11) is 0. The Balaban J connectivity index is 3.11. The summed E-state index contributed by atoms with van der Waals surface area (Å²) in [4.78, 5) is 0. The van der Waals surface area contributed by atoms with Gasteiger partial charge >= 0.3 is 6.18 Å². The van der Waals surface area contributed by atoms with Gasteiger partial charge in [-0.2, -0.15) is 13.2 Å². The van der Waals surface area contributed by atoms with E-state index in [1.54, 1.807) is 12.1 Å². The molecule has 1 rings (SSSR count). The van der Waals surface area contributed by atoms with Crippen molar-refractivity contribution in [2.75, 3.05) is 0 Å². The van der Waals surface area contributed by atoms with Crippen LogP contribution in [0.4, 0.5) is 13.2 Å². The zero-order chi connectivity index (χ0) is 13.3. The van der Waals surface area contributed by atoms with Crippen LogP contribution in [0.25, 0.3) is 5.57 Å². The summed E-state index contributed by atoms with van der Waals surface area (Å²) >= 11 is 0. The molecular weight excluding hydrogens is 225 g/mol. The molecule has 0 bridgehead atoms. The lowest BCUT2D eigenvalue weighted by atomic mass is 9.86. The predicted molar refractivity (Wildman–Crippen MR) is 64.8 cm³/mol. The van der Waals surface area contributed by atoms with Gasteiger partial charge in [0.15, 0.2) is 0 Å². The Labute approximate surface area is 100 Å². The van der Waals surface area contributed by atoms with Crippen LogP contribution in [0.5, 0.6) is 0 Å². The number of halogens is 3. The molecule has 17 heavy (non-hydrogen) atoms. The van der Waals surface area contributed by atoms with Crippen LogP contribution in [0.3, 0.4) is 0 Å². The highest BCUT2D eigenvalue weighted by atomic mass is 19.4. The number of alkyl halides is 3. The third-order valence-electron chi connectivity index (χ3n) is 2.66. The second kappa shape index (κ2) is 4.55. The number of hydrogen-bond donors (Lipinski definition) is 0. The van der Waals surface area contributed by atoms with Crippen molar-refractivity contribution >= 4 is 5.57 Å². The quantitative estimate of drug-likeness (QED) is 0.653. The molecule has 0 spiro atoms. The van der Waals surface area contributed by atoms with Gasteiger partial charge in [-0.15, -0.1) is 0 Å². The van der Waals surface area contributed by atoms with Gasteiger partial charge in [-0.1, -0.05) is 51.1 Å². The third-order valence-corrected chi connectivity index (χ3v) is 2.66. The molecule has 0 N–H and O–H groups in total. The van der Waals surface area contributed by atoms with E-state index in [-0.39, 0.29) is 11.0 Å². The van der Waals surface area contributed by atoms with E-state index < -0.39 is 11.7 Å². The summed E-state index contributed by atoms with van der Waals surface area (Å²) in [6.45, 7) is 7.49. The second-order valence-electron chi connectivity index (χ2n) is 5.03. The lowest BCUT2D eigenvalue weighted by molar-refractivity contribution is -0.0689. The average Bonchev–Trinajstić information content (AvgIpc) is 2.16. The fraction of sp³-hybridized carbons (Fsp3) is 0.429. The Morgan fingerprint density at radius 2 is 1.47 bits per heavy atom. The van der Waals surface area contributed by atoms with Gasteiger partial charge in [-0.25, -0.2) is 0 Å². The minimum absolute atomic E-state index is 0.0488. The van der Waals surface area contributed by atoms with E-state index in [4.69, 9.17) is 0 Å². The Morgan fingerprint density at radius 1 is 1.00 bits per heavy atom. The van der Waals surface area contributed by atoms with Crippen molar-refractivity contribution < 1.29 is 13.2 Å². The van der Waals surface area contributed by atoms with Crippen LogP contribution in [-0.2, 0) is 5.41 Å². The molecule has 0 heterocycles. The Kier molecular flexibility index (Phi) is 3.70. The lowest BCUT2D eigenvalue weighted by Gasteiger charge is -2.20. The van der Waals surface area contributed by atoms with Gasteiger partial charge in [0.1, 0.15) is 0 Å². The Morgan fingerprint density at radius 3 is 1.76 bits per heavy atom. The molecule has 0 radical (unpaired) electrons. The molecule has 1 aromatic carbocycles. The first-order chi connectivity index (χ1) is 7.66. The first-order valence-corrected chi connectivity index (χ1v) is 5.50. The largest absolute Gasteiger partial charge is 0.416 e. The molecule has 1 aromatic rings. The predicted octanol–water partition coefficient (Wildman–Crippen LogP) is 4.95. The first-order valence-electron chi connectivity index (χ1n) is 5.50. The first kappa shape index (κ1) is 13.8. The minimum Gasteiger partial charge on any atom is -0.166 e. The van der Waals surface area contributed by atoms with E-state index >= 15 is 0 Å². The monoisotopic (exact) mass is 242 g/mol. The zero-order valence-electron chi connectivity index (χ0n) is 10.5. The van der Waals surface area contributed by atoms with Crippen LogP contribution < -0.4 is 0 Å². The molecular formula is C14H17F3. The van der Waals surface area contributed by atoms with E-state index in [0.29, 0.717) is 0 Å². The molecule has 0 aliphatic carbocycles. The maximum absolute atomic E-state index is 12.7. The zero-order valence-corrected chi connectivity index (χ0v) is 10.5. The highest BCUT2D eigenvalue weighted by Gasteiger charge is 2.33. The van der Waals surface area contributed by atoms with Crippen molar-refractivity contribution in [3.8, 4) is 0 Å². The van der Waals surface area contributed by atoms with Gasteiger partial charge in [0, 0.05) is 0 Å². The van der Waals surface area contributed by atoms with Crippen LogP contribution in [0.15, 0.2) is 30.3 Å².